The number of aliphatic hydroxyl groups excluding tert-OH is 3. The van der Waals surface area contributed by atoms with Crippen molar-refractivity contribution in [2.24, 2.45) is 23.7 Å². The summed E-state index contributed by atoms with van der Waals surface area (Å²) in [7, 11) is 0. The Morgan fingerprint density at radius 3 is 2.38 bits per heavy atom. The standard InChI is InChI=1S/C28H33BrO8/c1-13(2)26-15(4)16(5)27-18-11-14(3)20(31)25(18,34)23(33)24(29,12-30)21(32)19(27)22(26)35-28(36-26,37-27)17-9-7-6-8-10-17/h6-11,15-16,18-19,21-23,30,32-34H,1,12H2,2-5H3/t15-,16-,18-,19+,21+,22-,23-,24-,25-,26+,27+,28?/m1/s1. The molecule has 1 unspecified atom stereocenters. The van der Waals surface area contributed by atoms with E-state index in [0.29, 0.717) is 11.1 Å². The summed E-state index contributed by atoms with van der Waals surface area (Å²) in [6, 6.07) is 9.16. The molecule has 1 aromatic carbocycles. The van der Waals surface area contributed by atoms with Gasteiger partial charge in [-0.15, -0.1) is 0 Å². The predicted molar refractivity (Wildman–Crippen MR) is 135 cm³/mol. The topological polar surface area (TPSA) is 126 Å². The van der Waals surface area contributed by atoms with Crippen molar-refractivity contribution in [2.75, 3.05) is 6.61 Å². The molecule has 2 heterocycles. The summed E-state index contributed by atoms with van der Waals surface area (Å²) >= 11 is 3.38. The van der Waals surface area contributed by atoms with Crippen molar-refractivity contribution < 1.29 is 39.4 Å². The Morgan fingerprint density at radius 1 is 1.14 bits per heavy atom. The monoisotopic (exact) mass is 576 g/mol. The number of halogens is 1. The lowest BCUT2D eigenvalue weighted by Gasteiger charge is -2.62. The molecule has 4 N–H and O–H groups in total. The minimum Gasteiger partial charge on any atom is -0.395 e. The highest BCUT2D eigenvalue weighted by atomic mass is 79.9. The molecule has 8 nitrogen and oxygen atoms in total. The number of carbonyl (C=O) groups is 1. The van der Waals surface area contributed by atoms with E-state index >= 15 is 0 Å². The second kappa shape index (κ2) is 7.61. The fourth-order valence-electron chi connectivity index (χ4n) is 8.19. The van der Waals surface area contributed by atoms with E-state index in [1.165, 1.54) is 0 Å². The van der Waals surface area contributed by atoms with Crippen molar-refractivity contribution in [3.63, 3.8) is 0 Å². The fourth-order valence-corrected chi connectivity index (χ4v) is 8.82. The Morgan fingerprint density at radius 2 is 1.78 bits per heavy atom. The summed E-state index contributed by atoms with van der Waals surface area (Å²) in [5.41, 5.74) is -3.36. The molecule has 2 saturated heterocycles. The van der Waals surface area contributed by atoms with Gasteiger partial charge in [-0.2, -0.15) is 0 Å². The summed E-state index contributed by atoms with van der Waals surface area (Å²) in [5.74, 6) is -5.07. The maximum atomic E-state index is 13.6. The Balaban J connectivity index is 1.72. The lowest BCUT2D eigenvalue weighted by molar-refractivity contribution is -0.442. The second-order valence-corrected chi connectivity index (χ2v) is 13.1. The second-order valence-electron chi connectivity index (χ2n) is 11.6. The molecule has 3 aliphatic carbocycles. The van der Waals surface area contributed by atoms with Crippen molar-refractivity contribution in [2.45, 2.75) is 73.1 Å². The highest BCUT2D eigenvalue weighted by Crippen LogP contribution is 2.72. The molecule has 12 atom stereocenters. The van der Waals surface area contributed by atoms with Gasteiger partial charge in [0.2, 0.25) is 0 Å². The average Bonchev–Trinajstić information content (AvgIpc) is 3.28. The van der Waals surface area contributed by atoms with E-state index in [4.69, 9.17) is 14.2 Å². The van der Waals surface area contributed by atoms with Crippen molar-refractivity contribution in [3.05, 3.63) is 59.7 Å². The number of hydrogen-bond donors (Lipinski definition) is 4. The molecule has 1 aromatic rings. The first kappa shape index (κ1) is 25.8. The fraction of sp³-hybridized carbons (Fsp3) is 0.607. The normalized spacial score (nSPS) is 53.9. The van der Waals surface area contributed by atoms with Gasteiger partial charge < -0.3 is 34.6 Å². The Bertz CT molecular complexity index is 1220. The van der Waals surface area contributed by atoms with Gasteiger partial charge in [0.25, 0.3) is 0 Å². The molecule has 3 bridgehead atoms. The summed E-state index contributed by atoms with van der Waals surface area (Å²) in [5, 5.41) is 46.4. The van der Waals surface area contributed by atoms with E-state index in [9.17, 15) is 25.2 Å². The maximum absolute atomic E-state index is 13.6. The SMILES string of the molecule is C=C(C)[C@@]12OC3(c4ccccc4)O[C@@H]1[C@@H]1[C@H](O)[C@](Br)(CO)[C@@H](O)[C@]4(O)C(=O)C(C)=C[C@H]4[C@@]1(O3)[C@H](C)[C@H]2C. The zero-order chi connectivity index (χ0) is 26.9. The largest absolute Gasteiger partial charge is 0.395 e. The van der Waals surface area contributed by atoms with Crippen LogP contribution in [0.4, 0.5) is 0 Å². The van der Waals surface area contributed by atoms with Crippen LogP contribution in [0.15, 0.2) is 54.1 Å². The average molecular weight is 577 g/mol. The van der Waals surface area contributed by atoms with E-state index in [2.05, 4.69) is 22.5 Å². The Labute approximate surface area is 224 Å². The van der Waals surface area contributed by atoms with E-state index in [1.807, 2.05) is 51.1 Å². The molecule has 5 aliphatic rings. The van der Waals surface area contributed by atoms with Crippen molar-refractivity contribution in [1.82, 2.24) is 0 Å². The predicted octanol–water partition coefficient (Wildman–Crippen LogP) is 1.94. The van der Waals surface area contributed by atoms with Crippen LogP contribution in [0.25, 0.3) is 0 Å². The number of carbonyl (C=O) groups excluding carboxylic acids is 1. The summed E-state index contributed by atoms with van der Waals surface area (Å²) in [4.78, 5) is 13.6. The molecule has 200 valence electrons. The van der Waals surface area contributed by atoms with Crippen molar-refractivity contribution in [3.8, 4) is 0 Å². The van der Waals surface area contributed by atoms with Gasteiger partial charge in [-0.1, -0.05) is 72.8 Å². The van der Waals surface area contributed by atoms with Crippen LogP contribution in [0.2, 0.25) is 0 Å². The number of fused-ring (bicyclic) bond motifs is 2. The molecule has 37 heavy (non-hydrogen) atoms. The van der Waals surface area contributed by atoms with Crippen LogP contribution in [0.5, 0.6) is 0 Å². The molecule has 6 rings (SSSR count). The Kier molecular flexibility index (Phi) is 5.31. The smallest absolute Gasteiger partial charge is 0.313 e. The third-order valence-corrected chi connectivity index (χ3v) is 11.3. The Hall–Kier alpha value is -1.43. The van der Waals surface area contributed by atoms with Gasteiger partial charge in [-0.25, -0.2) is 0 Å². The van der Waals surface area contributed by atoms with Crippen molar-refractivity contribution in [1.29, 1.82) is 0 Å². The molecule has 0 radical (unpaired) electrons. The first-order valence-electron chi connectivity index (χ1n) is 12.7. The quantitative estimate of drug-likeness (QED) is 0.318. The minimum atomic E-state index is -2.38. The van der Waals surface area contributed by atoms with Crippen LogP contribution < -0.4 is 0 Å². The molecule has 9 heteroatoms. The summed E-state index contributed by atoms with van der Waals surface area (Å²) in [6.07, 6.45) is -2.55. The zero-order valence-corrected chi connectivity index (χ0v) is 22.8. The molecular weight excluding hydrogens is 544 g/mol. The van der Waals surface area contributed by atoms with Crippen LogP contribution in [-0.2, 0) is 25.0 Å². The van der Waals surface area contributed by atoms with Crippen LogP contribution >= 0.6 is 15.9 Å². The van der Waals surface area contributed by atoms with E-state index in [1.54, 1.807) is 13.0 Å². The van der Waals surface area contributed by atoms with E-state index in [-0.39, 0.29) is 11.5 Å². The van der Waals surface area contributed by atoms with Crippen LogP contribution in [-0.4, -0.2) is 72.3 Å². The van der Waals surface area contributed by atoms with Gasteiger partial charge in [-0.3, -0.25) is 4.79 Å². The summed E-state index contributed by atoms with van der Waals surface area (Å²) < 4.78 is 18.6. The third kappa shape index (κ3) is 2.61. The number of ether oxygens (including phenoxy) is 3. The first-order valence-corrected chi connectivity index (χ1v) is 13.5. The number of hydrogen-bond acceptors (Lipinski definition) is 8. The summed E-state index contributed by atoms with van der Waals surface area (Å²) in [6.45, 7) is 10.9. The maximum Gasteiger partial charge on any atom is 0.313 e. The molecule has 2 aliphatic heterocycles. The lowest BCUT2D eigenvalue weighted by Crippen LogP contribution is -2.74. The van der Waals surface area contributed by atoms with Gasteiger partial charge in [0, 0.05) is 17.4 Å². The number of aliphatic hydroxyl groups is 4. The number of benzene rings is 1. The zero-order valence-electron chi connectivity index (χ0n) is 21.2. The number of rotatable bonds is 3. The highest BCUT2D eigenvalue weighted by molar-refractivity contribution is 9.10. The number of ketones is 1. The van der Waals surface area contributed by atoms with Crippen molar-refractivity contribution >= 4 is 21.7 Å². The number of alkyl halides is 1. The van der Waals surface area contributed by atoms with Crippen LogP contribution in [0, 0.1) is 23.7 Å². The van der Waals surface area contributed by atoms with Gasteiger partial charge in [0.05, 0.1) is 18.3 Å². The molecule has 2 saturated carbocycles. The van der Waals surface area contributed by atoms with Crippen LogP contribution in [0.1, 0.15) is 33.3 Å². The highest BCUT2D eigenvalue weighted by Gasteiger charge is 2.85. The molecule has 0 amide bonds. The minimum absolute atomic E-state index is 0.276. The molecule has 0 aromatic heterocycles. The van der Waals surface area contributed by atoms with E-state index in [0.717, 1.165) is 0 Å². The first-order chi connectivity index (χ1) is 17.3. The molecule has 4 fully saturated rings. The molecular formula is C28H33BrO8. The van der Waals surface area contributed by atoms with Crippen LogP contribution in [0.3, 0.4) is 0 Å². The third-order valence-electron chi connectivity index (χ3n) is 10.1. The molecule has 0 spiro atoms. The number of Topliss-reactive ketones (excluding diaryl/α,β-unsaturated/α-hetero) is 1. The van der Waals surface area contributed by atoms with Gasteiger partial charge >= 0.3 is 5.97 Å². The van der Waals surface area contributed by atoms with Gasteiger partial charge in [0.1, 0.15) is 22.1 Å². The van der Waals surface area contributed by atoms with E-state index < -0.39 is 75.6 Å². The van der Waals surface area contributed by atoms with Gasteiger partial charge in [0.15, 0.2) is 11.4 Å². The van der Waals surface area contributed by atoms with Gasteiger partial charge in [-0.05, 0) is 36.8 Å². The lowest BCUT2D eigenvalue weighted by atomic mass is 9.50.